The number of methoxy groups -OCH3 is 1. The van der Waals surface area contributed by atoms with Gasteiger partial charge >= 0.3 is 0 Å². The van der Waals surface area contributed by atoms with Gasteiger partial charge in [0, 0.05) is 11.2 Å². The van der Waals surface area contributed by atoms with Gasteiger partial charge in [0.2, 0.25) is 0 Å². The van der Waals surface area contributed by atoms with E-state index >= 15 is 0 Å². The van der Waals surface area contributed by atoms with Gasteiger partial charge in [0.05, 0.1) is 17.7 Å². The Balaban J connectivity index is 1.94. The molecule has 7 heteroatoms. The van der Waals surface area contributed by atoms with Crippen molar-refractivity contribution >= 4 is 33.1 Å². The number of nitrogens with zero attached hydrogens (tertiary/aromatic N) is 1. The molecule has 1 unspecified atom stereocenters. The number of hydrogen-bond acceptors (Lipinski definition) is 5. The Morgan fingerprint density at radius 3 is 2.48 bits per heavy atom. The zero-order chi connectivity index (χ0) is 22.8. The van der Waals surface area contributed by atoms with Crippen LogP contribution in [0.2, 0.25) is 0 Å². The second kappa shape index (κ2) is 9.40. The van der Waals surface area contributed by atoms with E-state index in [0.717, 1.165) is 32.5 Å². The lowest BCUT2D eigenvalue weighted by Crippen LogP contribution is -2.36. The summed E-state index contributed by atoms with van der Waals surface area (Å²) in [6.45, 7) is 12.7. The molecule has 0 aliphatic carbocycles. The molecule has 0 radical (unpaired) electrons. The predicted molar refractivity (Wildman–Crippen MR) is 133 cm³/mol. The molecule has 5 nitrogen and oxygen atoms in total. The number of benzene rings is 2. The number of nitrogens with one attached hydrogen (secondary N) is 2. The largest absolute Gasteiger partial charge is 0.495 e. The van der Waals surface area contributed by atoms with Crippen molar-refractivity contribution in [2.45, 2.75) is 52.0 Å². The molecule has 31 heavy (non-hydrogen) atoms. The summed E-state index contributed by atoms with van der Waals surface area (Å²) < 4.78 is 21.8. The maximum absolute atomic E-state index is 13.2. The predicted octanol–water partition coefficient (Wildman–Crippen LogP) is 6.42. The fourth-order valence-corrected chi connectivity index (χ4v) is 5.18. The standard InChI is InChI=1S/C24H31N3O2S2/c1-15(2)24(5,6)26-23-25-17(4)22(30-23)18-12-13-20(29-7)21(14-18)31(28)27-19-11-9-8-10-16(19)3/h8-15,27H,1-7H3,(H,25,26). The van der Waals surface area contributed by atoms with Gasteiger partial charge < -0.3 is 14.8 Å². The first-order chi connectivity index (χ1) is 14.6. The molecule has 1 aromatic heterocycles. The Morgan fingerprint density at radius 2 is 1.84 bits per heavy atom. The van der Waals surface area contributed by atoms with Crippen molar-refractivity contribution in [2.24, 2.45) is 5.92 Å². The van der Waals surface area contributed by atoms with E-state index in [9.17, 15) is 4.21 Å². The second-order valence-electron chi connectivity index (χ2n) is 8.49. The number of aryl methyl sites for hydroxylation is 2. The van der Waals surface area contributed by atoms with E-state index in [-0.39, 0.29) is 5.54 Å². The molecule has 3 rings (SSSR count). The molecular formula is C24H31N3O2S2. The first-order valence-corrected chi connectivity index (χ1v) is 12.3. The van der Waals surface area contributed by atoms with Crippen LogP contribution < -0.4 is 14.8 Å². The Hall–Kier alpha value is -2.38. The first kappa shape index (κ1) is 23.3. The van der Waals surface area contributed by atoms with Gasteiger partial charge in [-0.3, -0.25) is 0 Å². The molecule has 0 bridgehead atoms. The summed E-state index contributed by atoms with van der Waals surface area (Å²) >= 11 is 1.61. The lowest BCUT2D eigenvalue weighted by Gasteiger charge is -2.30. The van der Waals surface area contributed by atoms with Crippen LogP contribution in [0.15, 0.2) is 47.4 Å². The van der Waals surface area contributed by atoms with Crippen molar-refractivity contribution in [1.29, 1.82) is 0 Å². The van der Waals surface area contributed by atoms with Gasteiger partial charge in [-0.05, 0) is 69.0 Å². The van der Waals surface area contributed by atoms with Crippen LogP contribution in [0, 0.1) is 19.8 Å². The minimum Gasteiger partial charge on any atom is -0.495 e. The number of rotatable bonds is 8. The molecule has 3 aromatic rings. The van der Waals surface area contributed by atoms with Gasteiger partial charge in [0.1, 0.15) is 10.6 Å². The maximum Gasteiger partial charge on any atom is 0.183 e. The smallest absolute Gasteiger partial charge is 0.183 e. The average Bonchev–Trinajstić information content (AvgIpc) is 3.08. The van der Waals surface area contributed by atoms with E-state index in [1.807, 2.05) is 56.3 Å². The first-order valence-electron chi connectivity index (χ1n) is 10.3. The van der Waals surface area contributed by atoms with Gasteiger partial charge in [-0.15, -0.1) is 0 Å². The highest BCUT2D eigenvalue weighted by molar-refractivity contribution is 7.86. The Morgan fingerprint density at radius 1 is 1.13 bits per heavy atom. The zero-order valence-corrected chi connectivity index (χ0v) is 20.8. The van der Waals surface area contributed by atoms with Gasteiger partial charge in [-0.25, -0.2) is 9.19 Å². The normalized spacial score (nSPS) is 12.6. The van der Waals surface area contributed by atoms with Crippen molar-refractivity contribution in [3.8, 4) is 16.2 Å². The third-order valence-corrected chi connectivity index (χ3v) is 7.89. The number of ether oxygens (including phenoxy) is 1. The van der Waals surface area contributed by atoms with E-state index < -0.39 is 11.0 Å². The quantitative estimate of drug-likeness (QED) is 0.410. The summed E-state index contributed by atoms with van der Waals surface area (Å²) in [5.74, 6) is 1.05. The molecular weight excluding hydrogens is 426 g/mol. The summed E-state index contributed by atoms with van der Waals surface area (Å²) in [6.07, 6.45) is 0. The van der Waals surface area contributed by atoms with Crippen molar-refractivity contribution in [2.75, 3.05) is 17.1 Å². The van der Waals surface area contributed by atoms with Crippen LogP contribution in [0.25, 0.3) is 10.4 Å². The van der Waals surface area contributed by atoms with E-state index in [4.69, 9.17) is 9.72 Å². The van der Waals surface area contributed by atoms with E-state index in [0.29, 0.717) is 16.6 Å². The van der Waals surface area contributed by atoms with Crippen LogP contribution >= 0.6 is 11.3 Å². The molecule has 166 valence electrons. The van der Waals surface area contributed by atoms with Gasteiger partial charge in [0.25, 0.3) is 0 Å². The Kier molecular flexibility index (Phi) is 7.06. The summed E-state index contributed by atoms with van der Waals surface area (Å²) in [7, 11) is 0.126. The minimum absolute atomic E-state index is 0.0639. The number of hydrogen-bond donors (Lipinski definition) is 2. The summed E-state index contributed by atoms with van der Waals surface area (Å²) in [4.78, 5) is 6.39. The van der Waals surface area contributed by atoms with Crippen LogP contribution in [0.4, 0.5) is 10.8 Å². The molecule has 0 aliphatic heterocycles. The minimum atomic E-state index is -1.47. The molecule has 0 saturated heterocycles. The van der Waals surface area contributed by atoms with Crippen LogP contribution in [0.3, 0.4) is 0 Å². The Bertz CT molecular complexity index is 1090. The van der Waals surface area contributed by atoms with E-state index in [2.05, 4.69) is 37.7 Å². The molecule has 2 N–H and O–H groups in total. The summed E-state index contributed by atoms with van der Waals surface area (Å²) in [6, 6.07) is 13.6. The maximum atomic E-state index is 13.2. The topological polar surface area (TPSA) is 63.2 Å². The molecule has 0 aliphatic rings. The third-order valence-electron chi connectivity index (χ3n) is 5.64. The highest BCUT2D eigenvalue weighted by Crippen LogP contribution is 2.37. The molecule has 1 heterocycles. The molecule has 0 spiro atoms. The van der Waals surface area contributed by atoms with Crippen molar-refractivity contribution in [3.63, 3.8) is 0 Å². The van der Waals surface area contributed by atoms with Crippen LogP contribution in [0.1, 0.15) is 39.0 Å². The van der Waals surface area contributed by atoms with Crippen molar-refractivity contribution in [3.05, 3.63) is 53.7 Å². The van der Waals surface area contributed by atoms with Crippen LogP contribution in [0.5, 0.6) is 5.75 Å². The van der Waals surface area contributed by atoms with E-state index in [1.54, 1.807) is 18.4 Å². The molecule has 0 amide bonds. The Labute approximate surface area is 191 Å². The number of thiazole rings is 1. The highest BCUT2D eigenvalue weighted by atomic mass is 32.2. The average molecular weight is 458 g/mol. The van der Waals surface area contributed by atoms with Crippen molar-refractivity contribution in [1.82, 2.24) is 4.98 Å². The highest BCUT2D eigenvalue weighted by Gasteiger charge is 2.24. The molecule has 2 aromatic carbocycles. The summed E-state index contributed by atoms with van der Waals surface area (Å²) in [5.41, 5.74) is 3.73. The third kappa shape index (κ3) is 5.28. The fraction of sp³-hybridized carbons (Fsp3) is 0.375. The molecule has 1 atom stereocenters. The molecule has 0 fully saturated rings. The number of para-hydroxylation sites is 1. The summed E-state index contributed by atoms with van der Waals surface area (Å²) in [5, 5.41) is 4.45. The van der Waals surface area contributed by atoms with Crippen LogP contribution in [-0.4, -0.2) is 21.8 Å². The van der Waals surface area contributed by atoms with Gasteiger partial charge in [0.15, 0.2) is 16.1 Å². The SMILES string of the molecule is COc1ccc(-c2sc(NC(C)(C)C(C)C)nc2C)cc1S(=O)Nc1ccccc1C. The zero-order valence-electron chi connectivity index (χ0n) is 19.2. The lowest BCUT2D eigenvalue weighted by atomic mass is 9.91. The van der Waals surface area contributed by atoms with E-state index in [1.165, 1.54) is 0 Å². The number of anilines is 2. The second-order valence-corrected chi connectivity index (χ2v) is 10.7. The van der Waals surface area contributed by atoms with Gasteiger partial charge in [-0.2, -0.15) is 0 Å². The molecule has 0 saturated carbocycles. The number of aromatic nitrogens is 1. The van der Waals surface area contributed by atoms with Crippen LogP contribution in [-0.2, 0) is 11.0 Å². The van der Waals surface area contributed by atoms with Crippen molar-refractivity contribution < 1.29 is 8.95 Å². The van der Waals surface area contributed by atoms with Gasteiger partial charge in [-0.1, -0.05) is 43.4 Å². The fourth-order valence-electron chi connectivity index (χ4n) is 2.94. The monoisotopic (exact) mass is 457 g/mol. The lowest BCUT2D eigenvalue weighted by molar-refractivity contribution is 0.404.